The van der Waals surface area contributed by atoms with Crippen molar-refractivity contribution in [1.82, 2.24) is 14.5 Å². The van der Waals surface area contributed by atoms with Gasteiger partial charge in [-0.15, -0.1) is 11.3 Å². The van der Waals surface area contributed by atoms with E-state index in [0.717, 1.165) is 47.3 Å². The lowest BCUT2D eigenvalue weighted by atomic mass is 9.97. The van der Waals surface area contributed by atoms with E-state index in [1.54, 1.807) is 40.2 Å². The summed E-state index contributed by atoms with van der Waals surface area (Å²) in [5.74, 6) is 0.870. The number of fused-ring (bicyclic) bond motifs is 3. The summed E-state index contributed by atoms with van der Waals surface area (Å²) in [6.45, 7) is 0.405. The largest absolute Gasteiger partial charge is 0.467 e. The normalized spacial score (nSPS) is 13.3. The highest BCUT2D eigenvalue weighted by Gasteiger charge is 2.23. The number of carbonyl (C=O) groups excluding carboxylic acids is 1. The second-order valence-electron chi connectivity index (χ2n) is 7.88. The smallest absolute Gasteiger partial charge is 0.267 e. The van der Waals surface area contributed by atoms with Gasteiger partial charge in [0.05, 0.1) is 29.6 Å². The molecule has 164 valence electrons. The Morgan fingerprint density at radius 1 is 1.19 bits per heavy atom. The molecule has 0 radical (unpaired) electrons. The zero-order valence-electron chi connectivity index (χ0n) is 17.7. The predicted octanol–water partition coefficient (Wildman–Crippen LogP) is 4.67. The Bertz CT molecular complexity index is 1310. The van der Waals surface area contributed by atoms with E-state index in [4.69, 9.17) is 9.40 Å². The standard InChI is InChI=1S/C24H23N3O3S2/c1-26(14-17-10-7-13-30-17)20(28)15-31-24-25-22-21(18-11-5-6-12-19(18)32-22)23(29)27(24)16-8-3-2-4-9-16/h2-4,7-10,13H,5-6,11-12,14-15H2,1H3. The fourth-order valence-corrected chi connectivity index (χ4v) is 6.30. The van der Waals surface area contributed by atoms with E-state index in [2.05, 4.69) is 0 Å². The fraction of sp³-hybridized carbons (Fsp3) is 0.292. The van der Waals surface area contributed by atoms with Gasteiger partial charge in [0.15, 0.2) is 5.16 Å². The van der Waals surface area contributed by atoms with Crippen LogP contribution in [0.4, 0.5) is 0 Å². The Morgan fingerprint density at radius 3 is 2.78 bits per heavy atom. The second kappa shape index (κ2) is 8.96. The van der Waals surface area contributed by atoms with Gasteiger partial charge in [-0.2, -0.15) is 0 Å². The van der Waals surface area contributed by atoms with Crippen LogP contribution in [-0.4, -0.2) is 33.2 Å². The summed E-state index contributed by atoms with van der Waals surface area (Å²) in [5.41, 5.74) is 1.89. The number of aryl methyl sites for hydroxylation is 2. The van der Waals surface area contributed by atoms with Crippen molar-refractivity contribution in [3.05, 3.63) is 75.3 Å². The van der Waals surface area contributed by atoms with Crippen molar-refractivity contribution in [3.63, 3.8) is 0 Å². The Hall–Kier alpha value is -2.84. The number of aromatic nitrogens is 2. The van der Waals surface area contributed by atoms with Crippen LogP contribution in [0.1, 0.15) is 29.0 Å². The first-order valence-electron chi connectivity index (χ1n) is 10.6. The van der Waals surface area contributed by atoms with Crippen LogP contribution in [0.5, 0.6) is 0 Å². The van der Waals surface area contributed by atoms with Crippen molar-refractivity contribution in [2.45, 2.75) is 37.4 Å². The average Bonchev–Trinajstić information content (AvgIpc) is 3.45. The number of rotatable bonds is 6. The first kappa shape index (κ1) is 21.0. The molecule has 0 unspecified atom stereocenters. The maximum absolute atomic E-state index is 13.7. The lowest BCUT2D eigenvalue weighted by Gasteiger charge is -2.17. The minimum absolute atomic E-state index is 0.0421. The number of benzene rings is 1. The molecule has 3 heterocycles. The molecule has 0 aliphatic heterocycles. The molecule has 1 aliphatic carbocycles. The van der Waals surface area contributed by atoms with Gasteiger partial charge in [0.2, 0.25) is 5.91 Å². The molecule has 0 saturated heterocycles. The molecule has 5 rings (SSSR count). The molecule has 0 saturated carbocycles. The SMILES string of the molecule is CN(Cc1ccco1)C(=O)CSc1nc2sc3c(c2c(=O)n1-c1ccccc1)CCCC3. The second-order valence-corrected chi connectivity index (χ2v) is 9.91. The topological polar surface area (TPSA) is 68.3 Å². The average molecular weight is 466 g/mol. The van der Waals surface area contributed by atoms with Gasteiger partial charge in [-0.1, -0.05) is 30.0 Å². The van der Waals surface area contributed by atoms with Gasteiger partial charge in [-0.25, -0.2) is 4.98 Å². The van der Waals surface area contributed by atoms with Crippen molar-refractivity contribution in [2.24, 2.45) is 0 Å². The van der Waals surface area contributed by atoms with Crippen LogP contribution in [0.15, 0.2) is 63.1 Å². The molecule has 32 heavy (non-hydrogen) atoms. The van der Waals surface area contributed by atoms with E-state index in [-0.39, 0.29) is 17.2 Å². The zero-order chi connectivity index (χ0) is 22.1. The quantitative estimate of drug-likeness (QED) is 0.306. The van der Waals surface area contributed by atoms with Gasteiger partial charge in [-0.05, 0) is 55.5 Å². The third kappa shape index (κ3) is 4.00. The molecule has 0 N–H and O–H groups in total. The first-order chi connectivity index (χ1) is 15.6. The van der Waals surface area contributed by atoms with Crippen molar-refractivity contribution < 1.29 is 9.21 Å². The summed E-state index contributed by atoms with van der Waals surface area (Å²) in [6.07, 6.45) is 5.81. The summed E-state index contributed by atoms with van der Waals surface area (Å²) in [6, 6.07) is 13.2. The molecular formula is C24H23N3O3S2. The molecule has 1 aliphatic rings. The van der Waals surface area contributed by atoms with Crippen LogP contribution in [-0.2, 0) is 24.2 Å². The third-order valence-electron chi connectivity index (χ3n) is 5.70. The minimum atomic E-state index is -0.0502. The first-order valence-corrected chi connectivity index (χ1v) is 12.4. The zero-order valence-corrected chi connectivity index (χ0v) is 19.4. The van der Waals surface area contributed by atoms with Crippen LogP contribution in [0.2, 0.25) is 0 Å². The number of hydrogen-bond acceptors (Lipinski definition) is 6. The van der Waals surface area contributed by atoms with Crippen LogP contribution in [0, 0.1) is 0 Å². The Labute approximate surface area is 193 Å². The number of furan rings is 1. The molecule has 6 nitrogen and oxygen atoms in total. The Balaban J connectivity index is 1.50. The summed E-state index contributed by atoms with van der Waals surface area (Å²) in [4.78, 5) is 35.0. The van der Waals surface area contributed by atoms with Gasteiger partial charge in [0.1, 0.15) is 10.6 Å². The van der Waals surface area contributed by atoms with Gasteiger partial charge >= 0.3 is 0 Å². The van der Waals surface area contributed by atoms with Gasteiger partial charge in [0.25, 0.3) is 5.56 Å². The van der Waals surface area contributed by atoms with Crippen LogP contribution < -0.4 is 5.56 Å². The lowest BCUT2D eigenvalue weighted by molar-refractivity contribution is -0.127. The van der Waals surface area contributed by atoms with Crippen LogP contribution in [0.3, 0.4) is 0 Å². The summed E-state index contributed by atoms with van der Waals surface area (Å²) in [7, 11) is 1.75. The van der Waals surface area contributed by atoms with Crippen molar-refractivity contribution >= 4 is 39.2 Å². The molecule has 8 heteroatoms. The molecule has 1 aromatic carbocycles. The molecule has 1 amide bonds. The number of thiophene rings is 1. The van der Waals surface area contributed by atoms with Crippen molar-refractivity contribution in [3.8, 4) is 5.69 Å². The molecule has 0 bridgehead atoms. The molecular weight excluding hydrogens is 442 g/mol. The van der Waals surface area contributed by atoms with E-state index >= 15 is 0 Å². The number of thioether (sulfide) groups is 1. The summed E-state index contributed by atoms with van der Waals surface area (Å²) < 4.78 is 7.00. The number of para-hydroxylation sites is 1. The van der Waals surface area contributed by atoms with E-state index < -0.39 is 0 Å². The molecule has 0 spiro atoms. The molecule has 4 aromatic rings. The van der Waals surface area contributed by atoms with Crippen molar-refractivity contribution in [2.75, 3.05) is 12.8 Å². The number of nitrogens with zero attached hydrogens (tertiary/aromatic N) is 3. The maximum atomic E-state index is 13.7. The number of carbonyl (C=O) groups is 1. The number of amides is 1. The van der Waals surface area contributed by atoms with Crippen LogP contribution >= 0.6 is 23.1 Å². The minimum Gasteiger partial charge on any atom is -0.467 e. The predicted molar refractivity (Wildman–Crippen MR) is 128 cm³/mol. The molecule has 3 aromatic heterocycles. The fourth-order valence-electron chi connectivity index (χ4n) is 4.05. The third-order valence-corrected chi connectivity index (χ3v) is 7.81. The van der Waals surface area contributed by atoms with Crippen LogP contribution in [0.25, 0.3) is 15.9 Å². The highest BCUT2D eigenvalue weighted by molar-refractivity contribution is 7.99. The molecule has 0 atom stereocenters. The van der Waals surface area contributed by atoms with Gasteiger partial charge in [0, 0.05) is 11.9 Å². The highest BCUT2D eigenvalue weighted by Crippen LogP contribution is 2.35. The van der Waals surface area contributed by atoms with Gasteiger partial charge in [-0.3, -0.25) is 14.2 Å². The van der Waals surface area contributed by atoms with E-state index in [9.17, 15) is 9.59 Å². The highest BCUT2D eigenvalue weighted by atomic mass is 32.2. The number of hydrogen-bond donors (Lipinski definition) is 0. The van der Waals surface area contributed by atoms with Crippen molar-refractivity contribution in [1.29, 1.82) is 0 Å². The molecule has 0 fully saturated rings. The summed E-state index contributed by atoms with van der Waals surface area (Å²) in [5, 5.41) is 1.30. The van der Waals surface area contributed by atoms with E-state index in [1.807, 2.05) is 36.4 Å². The van der Waals surface area contributed by atoms with E-state index in [0.29, 0.717) is 11.7 Å². The maximum Gasteiger partial charge on any atom is 0.267 e. The lowest BCUT2D eigenvalue weighted by Crippen LogP contribution is -2.28. The van der Waals surface area contributed by atoms with Gasteiger partial charge < -0.3 is 9.32 Å². The Kier molecular flexibility index (Phi) is 5.89. The Morgan fingerprint density at radius 2 is 2.00 bits per heavy atom. The van der Waals surface area contributed by atoms with E-state index in [1.165, 1.54) is 22.2 Å². The summed E-state index contributed by atoms with van der Waals surface area (Å²) >= 11 is 2.93. The monoisotopic (exact) mass is 465 g/mol.